The molecular formula is C16H17F2N3. The summed E-state index contributed by atoms with van der Waals surface area (Å²) in [6.45, 7) is 4.57. The topological polar surface area (TPSA) is 37.8 Å². The van der Waals surface area contributed by atoms with E-state index in [0.717, 1.165) is 42.7 Å². The van der Waals surface area contributed by atoms with Crippen molar-refractivity contribution in [2.24, 2.45) is 0 Å². The van der Waals surface area contributed by atoms with E-state index in [1.807, 2.05) is 13.8 Å². The van der Waals surface area contributed by atoms with Crippen LogP contribution in [0.4, 0.5) is 14.6 Å². The van der Waals surface area contributed by atoms with Gasteiger partial charge in [0.05, 0.1) is 5.69 Å². The molecule has 0 radical (unpaired) electrons. The van der Waals surface area contributed by atoms with Gasteiger partial charge in [-0.2, -0.15) is 0 Å². The first-order chi connectivity index (χ1) is 10.1. The standard InChI is InChI=1S/C16H17F2N3/c1-3-19-15-9(2)14(20-16(21-15)10-4-5-10)12-7-6-11(17)8-13(12)18/h6-8,10H,3-5H2,1-2H3,(H,19,20,21). The highest BCUT2D eigenvalue weighted by Gasteiger charge is 2.28. The number of nitrogens with zero attached hydrogens (tertiary/aromatic N) is 2. The molecule has 1 N–H and O–H groups in total. The zero-order chi connectivity index (χ0) is 15.0. The Morgan fingerprint density at radius 1 is 1.24 bits per heavy atom. The highest BCUT2D eigenvalue weighted by molar-refractivity contribution is 5.68. The first kappa shape index (κ1) is 13.9. The van der Waals surface area contributed by atoms with Crippen LogP contribution in [-0.4, -0.2) is 16.5 Å². The summed E-state index contributed by atoms with van der Waals surface area (Å²) in [5.41, 5.74) is 1.64. The maximum atomic E-state index is 14.1. The van der Waals surface area contributed by atoms with Crippen LogP contribution in [-0.2, 0) is 0 Å². The normalized spacial score (nSPS) is 14.3. The number of hydrogen-bond donors (Lipinski definition) is 1. The van der Waals surface area contributed by atoms with Gasteiger partial charge in [-0.05, 0) is 38.8 Å². The van der Waals surface area contributed by atoms with Crippen LogP contribution in [0, 0.1) is 18.6 Å². The highest BCUT2D eigenvalue weighted by atomic mass is 19.1. The van der Waals surface area contributed by atoms with Gasteiger partial charge in [-0.25, -0.2) is 18.7 Å². The highest BCUT2D eigenvalue weighted by Crippen LogP contribution is 2.40. The lowest BCUT2D eigenvalue weighted by molar-refractivity contribution is 0.585. The van der Waals surface area contributed by atoms with Crippen molar-refractivity contribution >= 4 is 5.82 Å². The van der Waals surface area contributed by atoms with Gasteiger partial charge in [0.2, 0.25) is 0 Å². The minimum Gasteiger partial charge on any atom is -0.370 e. The van der Waals surface area contributed by atoms with Crippen LogP contribution in [0.2, 0.25) is 0 Å². The molecule has 1 aliphatic rings. The van der Waals surface area contributed by atoms with E-state index in [9.17, 15) is 8.78 Å². The summed E-state index contributed by atoms with van der Waals surface area (Å²) in [6, 6.07) is 3.58. The summed E-state index contributed by atoms with van der Waals surface area (Å²) in [4.78, 5) is 9.06. The second-order valence-corrected chi connectivity index (χ2v) is 5.33. The monoisotopic (exact) mass is 289 g/mol. The molecule has 1 fully saturated rings. The molecule has 3 rings (SSSR count). The summed E-state index contributed by atoms with van der Waals surface area (Å²) < 4.78 is 27.2. The maximum Gasteiger partial charge on any atom is 0.135 e. The number of nitrogens with one attached hydrogen (secondary N) is 1. The van der Waals surface area contributed by atoms with Crippen LogP contribution in [0.5, 0.6) is 0 Å². The predicted octanol–water partition coefficient (Wildman–Crippen LogP) is 4.04. The lowest BCUT2D eigenvalue weighted by Gasteiger charge is -2.14. The molecule has 0 saturated heterocycles. The predicted molar refractivity (Wildman–Crippen MR) is 78.3 cm³/mol. The van der Waals surface area contributed by atoms with E-state index < -0.39 is 11.6 Å². The van der Waals surface area contributed by atoms with E-state index in [4.69, 9.17) is 0 Å². The van der Waals surface area contributed by atoms with E-state index in [-0.39, 0.29) is 0 Å². The number of anilines is 1. The maximum absolute atomic E-state index is 14.1. The van der Waals surface area contributed by atoms with Gasteiger partial charge >= 0.3 is 0 Å². The molecule has 21 heavy (non-hydrogen) atoms. The molecule has 0 aliphatic heterocycles. The van der Waals surface area contributed by atoms with Gasteiger partial charge in [0.25, 0.3) is 0 Å². The SMILES string of the molecule is CCNc1nc(C2CC2)nc(-c2ccc(F)cc2F)c1C. The van der Waals surface area contributed by atoms with Gasteiger partial charge in [-0.1, -0.05) is 0 Å². The third-order valence-corrected chi connectivity index (χ3v) is 3.64. The molecule has 3 nitrogen and oxygen atoms in total. The fourth-order valence-electron chi connectivity index (χ4n) is 2.34. The molecule has 0 bridgehead atoms. The molecule has 1 aliphatic carbocycles. The Morgan fingerprint density at radius 3 is 2.62 bits per heavy atom. The van der Waals surface area contributed by atoms with Gasteiger partial charge in [0, 0.05) is 29.7 Å². The van der Waals surface area contributed by atoms with Crippen LogP contribution in [0.1, 0.15) is 37.1 Å². The van der Waals surface area contributed by atoms with Crippen LogP contribution >= 0.6 is 0 Å². The van der Waals surface area contributed by atoms with Gasteiger partial charge < -0.3 is 5.32 Å². The van der Waals surface area contributed by atoms with Crippen molar-refractivity contribution < 1.29 is 8.78 Å². The van der Waals surface area contributed by atoms with Crippen molar-refractivity contribution in [2.75, 3.05) is 11.9 Å². The molecule has 1 heterocycles. The third kappa shape index (κ3) is 2.73. The average molecular weight is 289 g/mol. The third-order valence-electron chi connectivity index (χ3n) is 3.64. The molecule has 0 atom stereocenters. The van der Waals surface area contributed by atoms with Gasteiger partial charge in [0.1, 0.15) is 23.3 Å². The smallest absolute Gasteiger partial charge is 0.135 e. The number of hydrogen-bond acceptors (Lipinski definition) is 3. The van der Waals surface area contributed by atoms with Gasteiger partial charge in [0.15, 0.2) is 0 Å². The molecular weight excluding hydrogens is 272 g/mol. The van der Waals surface area contributed by atoms with Gasteiger partial charge in [-0.3, -0.25) is 0 Å². The number of aromatic nitrogens is 2. The molecule has 2 aromatic rings. The number of benzene rings is 1. The van der Waals surface area contributed by atoms with E-state index in [0.29, 0.717) is 17.2 Å². The Morgan fingerprint density at radius 2 is 2.00 bits per heavy atom. The van der Waals surface area contributed by atoms with Crippen molar-refractivity contribution in [1.29, 1.82) is 0 Å². The summed E-state index contributed by atoms with van der Waals surface area (Å²) in [7, 11) is 0. The largest absolute Gasteiger partial charge is 0.370 e. The zero-order valence-corrected chi connectivity index (χ0v) is 12.1. The lowest BCUT2D eigenvalue weighted by atomic mass is 10.1. The molecule has 0 amide bonds. The molecule has 0 unspecified atom stereocenters. The summed E-state index contributed by atoms with van der Waals surface area (Å²) >= 11 is 0. The second-order valence-electron chi connectivity index (χ2n) is 5.33. The Balaban J connectivity index is 2.15. The lowest BCUT2D eigenvalue weighted by Crippen LogP contribution is -2.08. The van der Waals surface area contributed by atoms with Crippen LogP contribution in [0.3, 0.4) is 0 Å². The van der Waals surface area contributed by atoms with E-state index in [1.165, 1.54) is 12.1 Å². The Hall–Kier alpha value is -2.04. The average Bonchev–Trinajstić information content (AvgIpc) is 3.26. The number of rotatable bonds is 4. The first-order valence-electron chi connectivity index (χ1n) is 7.18. The minimum atomic E-state index is -0.596. The minimum absolute atomic E-state index is 0.317. The van der Waals surface area contributed by atoms with Crippen molar-refractivity contribution in [3.05, 3.63) is 41.2 Å². The summed E-state index contributed by atoms with van der Waals surface area (Å²) in [6.07, 6.45) is 2.14. The Labute approximate surface area is 122 Å². The van der Waals surface area contributed by atoms with Crippen LogP contribution in [0.15, 0.2) is 18.2 Å². The van der Waals surface area contributed by atoms with Crippen molar-refractivity contribution in [3.63, 3.8) is 0 Å². The van der Waals surface area contributed by atoms with E-state index >= 15 is 0 Å². The molecule has 110 valence electrons. The quantitative estimate of drug-likeness (QED) is 0.923. The summed E-state index contributed by atoms with van der Waals surface area (Å²) in [5, 5.41) is 3.19. The van der Waals surface area contributed by atoms with E-state index in [2.05, 4.69) is 15.3 Å². The fraction of sp³-hybridized carbons (Fsp3) is 0.375. The Kier molecular flexibility index (Phi) is 3.57. The zero-order valence-electron chi connectivity index (χ0n) is 12.1. The Bertz CT molecular complexity index is 681. The molecule has 1 saturated carbocycles. The van der Waals surface area contributed by atoms with E-state index in [1.54, 1.807) is 0 Å². The van der Waals surface area contributed by atoms with Crippen LogP contribution in [0.25, 0.3) is 11.3 Å². The fourth-order valence-corrected chi connectivity index (χ4v) is 2.34. The van der Waals surface area contributed by atoms with Crippen molar-refractivity contribution in [1.82, 2.24) is 9.97 Å². The molecule has 5 heteroatoms. The molecule has 0 spiro atoms. The number of halogens is 2. The van der Waals surface area contributed by atoms with Crippen molar-refractivity contribution in [3.8, 4) is 11.3 Å². The molecule has 1 aromatic heterocycles. The van der Waals surface area contributed by atoms with Crippen molar-refractivity contribution in [2.45, 2.75) is 32.6 Å². The second kappa shape index (κ2) is 5.39. The van der Waals surface area contributed by atoms with Gasteiger partial charge in [-0.15, -0.1) is 0 Å². The summed E-state index contributed by atoms with van der Waals surface area (Å²) in [5.74, 6) is 0.659. The molecule has 1 aromatic carbocycles. The van der Waals surface area contributed by atoms with Crippen LogP contribution < -0.4 is 5.32 Å². The first-order valence-corrected chi connectivity index (χ1v) is 7.18.